The Bertz CT molecular complexity index is 449. The average molecular weight is 348 g/mol. The Morgan fingerprint density at radius 2 is 2.22 bits per heavy atom. The van der Waals surface area contributed by atoms with Gasteiger partial charge in [-0.25, -0.2) is 0 Å². The van der Waals surface area contributed by atoms with Crippen molar-refractivity contribution in [3.8, 4) is 0 Å². The molecule has 0 aliphatic heterocycles. The van der Waals surface area contributed by atoms with Crippen molar-refractivity contribution in [2.24, 2.45) is 5.73 Å². The number of benzene rings is 1. The molecule has 0 aromatic heterocycles. The van der Waals surface area contributed by atoms with Crippen LogP contribution in [0.2, 0.25) is 5.02 Å². The van der Waals surface area contributed by atoms with Crippen molar-refractivity contribution in [1.82, 2.24) is 4.90 Å². The minimum Gasteiger partial charge on any atom is -0.393 e. The summed E-state index contributed by atoms with van der Waals surface area (Å²) in [6, 6.07) is 6.72. The van der Waals surface area contributed by atoms with Gasteiger partial charge in [-0.05, 0) is 30.5 Å². The van der Waals surface area contributed by atoms with Crippen LogP contribution in [0.15, 0.2) is 22.7 Å². The molecule has 1 aliphatic rings. The van der Waals surface area contributed by atoms with E-state index >= 15 is 0 Å². The second-order valence-electron chi connectivity index (χ2n) is 4.65. The predicted molar refractivity (Wildman–Crippen MR) is 84.0 cm³/mol. The van der Waals surface area contributed by atoms with E-state index in [0.29, 0.717) is 11.0 Å². The van der Waals surface area contributed by atoms with Gasteiger partial charge in [0.25, 0.3) is 0 Å². The number of hydrogen-bond donors (Lipinski definition) is 1. The van der Waals surface area contributed by atoms with Gasteiger partial charge >= 0.3 is 0 Å². The molecule has 2 nitrogen and oxygen atoms in total. The van der Waals surface area contributed by atoms with E-state index < -0.39 is 0 Å². The molecule has 0 heterocycles. The average Bonchev–Trinajstić information content (AvgIpc) is 3.10. The van der Waals surface area contributed by atoms with Gasteiger partial charge in [-0.2, -0.15) is 0 Å². The molecule has 0 saturated heterocycles. The van der Waals surface area contributed by atoms with Crippen LogP contribution in [0.3, 0.4) is 0 Å². The van der Waals surface area contributed by atoms with Crippen molar-refractivity contribution in [2.45, 2.75) is 31.8 Å². The van der Waals surface area contributed by atoms with Gasteiger partial charge < -0.3 is 5.73 Å². The molecule has 5 heteroatoms. The van der Waals surface area contributed by atoms with Crippen LogP contribution in [0.1, 0.15) is 24.8 Å². The summed E-state index contributed by atoms with van der Waals surface area (Å²) < 4.78 is 1.01. The number of rotatable bonds is 6. The third-order valence-electron chi connectivity index (χ3n) is 3.10. The first-order valence-corrected chi connectivity index (χ1v) is 7.60. The summed E-state index contributed by atoms with van der Waals surface area (Å²) in [7, 11) is 0. The van der Waals surface area contributed by atoms with Crippen molar-refractivity contribution < 1.29 is 0 Å². The van der Waals surface area contributed by atoms with Gasteiger partial charge in [0.2, 0.25) is 0 Å². The lowest BCUT2D eigenvalue weighted by Crippen LogP contribution is -2.29. The van der Waals surface area contributed by atoms with Crippen molar-refractivity contribution in [3.63, 3.8) is 0 Å². The van der Waals surface area contributed by atoms with E-state index in [2.05, 4.69) is 26.9 Å². The normalized spacial score (nSPS) is 15.1. The minimum atomic E-state index is 0.586. The Labute approximate surface area is 127 Å². The molecule has 0 bridgehead atoms. The summed E-state index contributed by atoms with van der Waals surface area (Å²) in [6.45, 7) is 1.80. The number of nitrogens with two attached hydrogens (primary N) is 1. The van der Waals surface area contributed by atoms with E-state index in [0.717, 1.165) is 34.6 Å². The molecule has 2 N–H and O–H groups in total. The Kier molecular flexibility index (Phi) is 5.01. The topological polar surface area (TPSA) is 29.3 Å². The highest BCUT2D eigenvalue weighted by Gasteiger charge is 2.29. The first-order valence-electron chi connectivity index (χ1n) is 6.02. The van der Waals surface area contributed by atoms with Crippen LogP contribution < -0.4 is 5.73 Å². The van der Waals surface area contributed by atoms with E-state index in [1.807, 2.05) is 12.1 Å². The molecule has 0 unspecified atom stereocenters. The predicted octanol–water partition coefficient (Wildman–Crippen LogP) is 3.74. The van der Waals surface area contributed by atoms with Crippen LogP contribution in [0.4, 0.5) is 0 Å². The maximum absolute atomic E-state index is 6.25. The lowest BCUT2D eigenvalue weighted by molar-refractivity contribution is 0.263. The van der Waals surface area contributed by atoms with Gasteiger partial charge in [0.1, 0.15) is 0 Å². The quantitative estimate of drug-likeness (QED) is 0.795. The van der Waals surface area contributed by atoms with Gasteiger partial charge in [-0.3, -0.25) is 4.90 Å². The van der Waals surface area contributed by atoms with Gasteiger partial charge in [-0.1, -0.05) is 45.8 Å². The van der Waals surface area contributed by atoms with Crippen molar-refractivity contribution >= 4 is 44.7 Å². The van der Waals surface area contributed by atoms with E-state index in [1.54, 1.807) is 0 Å². The van der Waals surface area contributed by atoms with Crippen LogP contribution in [0, 0.1) is 0 Å². The molecule has 0 atom stereocenters. The number of nitrogens with zero attached hydrogens (tertiary/aromatic N) is 1. The highest BCUT2D eigenvalue weighted by Crippen LogP contribution is 2.30. The largest absolute Gasteiger partial charge is 0.393 e. The Hall–Kier alpha value is -0.160. The van der Waals surface area contributed by atoms with E-state index in [-0.39, 0.29) is 0 Å². The standard InChI is InChI=1S/C13H16BrClN2S/c14-10-2-1-9(12(15)7-10)8-17(11-3-4-11)6-5-13(16)18/h1-2,7,11H,3-6,8H2,(H2,16,18). The lowest BCUT2D eigenvalue weighted by atomic mass is 10.2. The molecule has 1 aliphatic carbocycles. The van der Waals surface area contributed by atoms with E-state index in [1.165, 1.54) is 12.8 Å². The van der Waals surface area contributed by atoms with Crippen molar-refractivity contribution in [3.05, 3.63) is 33.3 Å². The lowest BCUT2D eigenvalue weighted by Gasteiger charge is -2.22. The minimum absolute atomic E-state index is 0.586. The summed E-state index contributed by atoms with van der Waals surface area (Å²) in [6.07, 6.45) is 3.32. The van der Waals surface area contributed by atoms with E-state index in [4.69, 9.17) is 29.6 Å². The zero-order valence-corrected chi connectivity index (χ0v) is 13.2. The summed E-state index contributed by atoms with van der Waals surface area (Å²) in [5.41, 5.74) is 6.74. The molecular weight excluding hydrogens is 332 g/mol. The van der Waals surface area contributed by atoms with Crippen LogP contribution in [0.5, 0.6) is 0 Å². The first-order chi connectivity index (χ1) is 8.56. The third-order valence-corrected chi connectivity index (χ3v) is 4.15. The van der Waals surface area contributed by atoms with Gasteiger partial charge in [0, 0.05) is 35.0 Å². The molecule has 98 valence electrons. The van der Waals surface area contributed by atoms with Gasteiger partial charge in [0.05, 0.1) is 4.99 Å². The fourth-order valence-corrected chi connectivity index (χ4v) is 2.78. The van der Waals surface area contributed by atoms with E-state index in [9.17, 15) is 0 Å². The molecule has 1 saturated carbocycles. The highest BCUT2D eigenvalue weighted by molar-refractivity contribution is 9.10. The Morgan fingerprint density at radius 1 is 1.50 bits per heavy atom. The summed E-state index contributed by atoms with van der Waals surface area (Å²) in [5.74, 6) is 0. The number of hydrogen-bond acceptors (Lipinski definition) is 2. The summed E-state index contributed by atoms with van der Waals surface area (Å²) in [5, 5.41) is 0.811. The molecule has 0 spiro atoms. The number of thiocarbonyl (C=S) groups is 1. The molecule has 0 amide bonds. The van der Waals surface area contributed by atoms with Crippen LogP contribution in [0.25, 0.3) is 0 Å². The second-order valence-corrected chi connectivity index (χ2v) is 6.50. The van der Waals surface area contributed by atoms with Gasteiger partial charge in [0.15, 0.2) is 0 Å². The smallest absolute Gasteiger partial charge is 0.0740 e. The zero-order valence-electron chi connectivity index (χ0n) is 10.0. The highest BCUT2D eigenvalue weighted by atomic mass is 79.9. The molecule has 2 rings (SSSR count). The molecule has 1 fully saturated rings. The fourth-order valence-electron chi connectivity index (χ4n) is 1.95. The first kappa shape index (κ1) is 14.3. The molecular formula is C13H16BrClN2S. The fraction of sp³-hybridized carbons (Fsp3) is 0.462. The summed E-state index contributed by atoms with van der Waals surface area (Å²) >= 11 is 14.6. The molecule has 1 aromatic rings. The van der Waals surface area contributed by atoms with Gasteiger partial charge in [-0.15, -0.1) is 0 Å². The zero-order chi connectivity index (χ0) is 13.1. The van der Waals surface area contributed by atoms with Crippen molar-refractivity contribution in [1.29, 1.82) is 0 Å². The third kappa shape index (κ3) is 4.19. The number of halogens is 2. The monoisotopic (exact) mass is 346 g/mol. The van der Waals surface area contributed by atoms with Crippen LogP contribution in [-0.2, 0) is 6.54 Å². The second kappa shape index (κ2) is 6.33. The Balaban J connectivity index is 2.01. The Morgan fingerprint density at radius 3 is 2.78 bits per heavy atom. The molecule has 18 heavy (non-hydrogen) atoms. The summed E-state index contributed by atoms with van der Waals surface area (Å²) in [4.78, 5) is 3.01. The maximum atomic E-state index is 6.25. The van der Waals surface area contributed by atoms with Crippen LogP contribution >= 0.6 is 39.7 Å². The van der Waals surface area contributed by atoms with Crippen LogP contribution in [-0.4, -0.2) is 22.5 Å². The SMILES string of the molecule is NC(=S)CCN(Cc1ccc(Br)cc1Cl)C1CC1. The van der Waals surface area contributed by atoms with Crippen molar-refractivity contribution in [2.75, 3.05) is 6.54 Å². The molecule has 1 aromatic carbocycles. The maximum Gasteiger partial charge on any atom is 0.0740 e. The molecule has 0 radical (unpaired) electrons.